The van der Waals surface area contributed by atoms with E-state index in [9.17, 15) is 14.4 Å². The third kappa shape index (κ3) is 3.53. The van der Waals surface area contributed by atoms with Crippen molar-refractivity contribution in [2.45, 2.75) is 39.5 Å². The van der Waals surface area contributed by atoms with Crippen molar-refractivity contribution in [3.05, 3.63) is 79.5 Å². The Balaban J connectivity index is 1.45. The second-order valence-electron chi connectivity index (χ2n) is 9.59. The molecule has 0 aliphatic carbocycles. The summed E-state index contributed by atoms with van der Waals surface area (Å²) in [6, 6.07) is 10.7. The zero-order chi connectivity index (χ0) is 25.0. The lowest BCUT2D eigenvalue weighted by Crippen LogP contribution is -2.34. The van der Waals surface area contributed by atoms with Crippen molar-refractivity contribution in [1.82, 2.24) is 0 Å². The highest BCUT2D eigenvalue weighted by atomic mass is 16.4. The Morgan fingerprint density at radius 3 is 2.33 bits per heavy atom. The van der Waals surface area contributed by atoms with Gasteiger partial charge in [-0.3, -0.25) is 4.79 Å². The van der Waals surface area contributed by atoms with E-state index in [0.29, 0.717) is 16.6 Å². The molecule has 4 aromatic rings. The Labute approximate surface area is 207 Å². The van der Waals surface area contributed by atoms with Gasteiger partial charge in [-0.05, 0) is 75.4 Å². The first-order valence-corrected chi connectivity index (χ1v) is 12.7. The molecule has 4 heterocycles. The first kappa shape index (κ1) is 22.6. The summed E-state index contributed by atoms with van der Waals surface area (Å²) < 4.78 is 11.3. The van der Waals surface area contributed by atoms with Crippen molar-refractivity contribution >= 4 is 39.1 Å². The van der Waals surface area contributed by atoms with Crippen molar-refractivity contribution < 1.29 is 13.6 Å². The molecular formula is C29H28N2O5. The topological polar surface area (TPSA) is 84.0 Å². The molecule has 0 spiro atoms. The van der Waals surface area contributed by atoms with Crippen molar-refractivity contribution in [3.8, 4) is 0 Å². The molecule has 6 rings (SSSR count). The van der Waals surface area contributed by atoms with Crippen LogP contribution in [0.5, 0.6) is 0 Å². The fourth-order valence-corrected chi connectivity index (χ4v) is 5.79. The third-order valence-electron chi connectivity index (χ3n) is 7.55. The van der Waals surface area contributed by atoms with Gasteiger partial charge in [-0.2, -0.15) is 0 Å². The Bertz CT molecular complexity index is 1640. The van der Waals surface area contributed by atoms with Crippen LogP contribution in [0.2, 0.25) is 0 Å². The molecule has 2 aliphatic rings. The van der Waals surface area contributed by atoms with E-state index in [1.54, 1.807) is 12.1 Å². The minimum atomic E-state index is -0.764. The zero-order valence-electron chi connectivity index (χ0n) is 20.6. The highest BCUT2D eigenvalue weighted by Gasteiger charge is 2.28. The standard InChI is InChI=1S/C29H28N2O5/c1-3-30(4-2)20-10-9-17-14-22(28(33)35-24(17)16-20)26(32)23-15-19-13-18-7-5-11-31-12-6-8-21(25(18)31)27(19)36-29(23)34/h9-10,13-16H,3-8,11-12H2,1-2H3. The predicted molar refractivity (Wildman–Crippen MR) is 141 cm³/mol. The van der Waals surface area contributed by atoms with Gasteiger partial charge >= 0.3 is 11.3 Å². The van der Waals surface area contributed by atoms with Crippen molar-refractivity contribution in [2.75, 3.05) is 36.0 Å². The van der Waals surface area contributed by atoms with Crippen LogP contribution in [0.4, 0.5) is 11.4 Å². The number of fused-ring (bicyclic) bond motifs is 3. The molecule has 0 saturated carbocycles. The number of hydrogen-bond donors (Lipinski definition) is 0. The fraction of sp³-hybridized carbons (Fsp3) is 0.345. The SMILES string of the molecule is CCN(CC)c1ccc2cc(C(=O)c3cc4cc5c6c(c4oc3=O)CCCN6CCC5)c(=O)oc2c1. The molecule has 2 aliphatic heterocycles. The summed E-state index contributed by atoms with van der Waals surface area (Å²) in [5.74, 6) is -0.679. The van der Waals surface area contributed by atoms with Crippen LogP contribution in [-0.4, -0.2) is 32.0 Å². The van der Waals surface area contributed by atoms with Crippen molar-refractivity contribution in [2.24, 2.45) is 0 Å². The van der Waals surface area contributed by atoms with E-state index in [4.69, 9.17) is 8.83 Å². The quantitative estimate of drug-likeness (QED) is 0.301. The number of benzene rings is 2. The van der Waals surface area contributed by atoms with Gasteiger partial charge in [-0.25, -0.2) is 9.59 Å². The van der Waals surface area contributed by atoms with E-state index in [1.165, 1.54) is 17.3 Å². The Hall–Kier alpha value is -3.87. The highest BCUT2D eigenvalue weighted by Crippen LogP contribution is 2.39. The Morgan fingerprint density at radius 2 is 1.58 bits per heavy atom. The summed E-state index contributed by atoms with van der Waals surface area (Å²) in [7, 11) is 0. The molecule has 36 heavy (non-hydrogen) atoms. The van der Waals surface area contributed by atoms with Crippen LogP contribution in [0.25, 0.3) is 21.9 Å². The number of nitrogens with zero attached hydrogens (tertiary/aromatic N) is 2. The highest BCUT2D eigenvalue weighted by molar-refractivity contribution is 6.11. The maximum Gasteiger partial charge on any atom is 0.347 e. The zero-order valence-corrected chi connectivity index (χ0v) is 20.6. The molecule has 2 aromatic heterocycles. The molecule has 2 aromatic carbocycles. The largest absolute Gasteiger partial charge is 0.422 e. The molecule has 0 atom stereocenters. The lowest BCUT2D eigenvalue weighted by atomic mass is 9.89. The van der Waals surface area contributed by atoms with Gasteiger partial charge in [0.25, 0.3) is 0 Å². The number of ketones is 1. The minimum Gasteiger partial charge on any atom is -0.422 e. The van der Waals surface area contributed by atoms with Crippen molar-refractivity contribution in [3.63, 3.8) is 0 Å². The number of carbonyl (C=O) groups excluding carboxylic acids is 1. The van der Waals surface area contributed by atoms with Gasteiger partial charge < -0.3 is 18.6 Å². The van der Waals surface area contributed by atoms with E-state index in [1.807, 2.05) is 18.2 Å². The molecule has 0 fully saturated rings. The summed E-state index contributed by atoms with van der Waals surface area (Å²) in [6.45, 7) is 7.79. The van der Waals surface area contributed by atoms with Crippen LogP contribution in [0.1, 0.15) is 53.7 Å². The number of rotatable bonds is 5. The molecule has 0 radical (unpaired) electrons. The molecular weight excluding hydrogens is 456 g/mol. The van der Waals surface area contributed by atoms with Crippen LogP contribution < -0.4 is 21.1 Å². The summed E-state index contributed by atoms with van der Waals surface area (Å²) in [4.78, 5) is 43.8. The second-order valence-corrected chi connectivity index (χ2v) is 9.59. The molecule has 0 saturated heterocycles. The summed E-state index contributed by atoms with van der Waals surface area (Å²) in [6.07, 6.45) is 3.88. The first-order chi connectivity index (χ1) is 17.5. The van der Waals surface area contributed by atoms with Crippen LogP contribution in [0, 0.1) is 0 Å². The summed E-state index contributed by atoms with van der Waals surface area (Å²) in [5.41, 5.74) is 3.56. The molecule has 0 unspecified atom stereocenters. The second kappa shape index (κ2) is 8.66. The van der Waals surface area contributed by atoms with Crippen LogP contribution in [0.15, 0.2) is 54.8 Å². The lowest BCUT2D eigenvalue weighted by molar-refractivity contribution is 0.103. The lowest BCUT2D eigenvalue weighted by Gasteiger charge is -2.37. The van der Waals surface area contributed by atoms with Gasteiger partial charge in [-0.15, -0.1) is 0 Å². The van der Waals surface area contributed by atoms with Gasteiger partial charge in [-0.1, -0.05) is 0 Å². The number of carbonyl (C=O) groups is 1. The molecule has 0 amide bonds. The van der Waals surface area contributed by atoms with Gasteiger partial charge in [0, 0.05) is 60.0 Å². The number of anilines is 2. The van der Waals surface area contributed by atoms with E-state index in [-0.39, 0.29) is 11.1 Å². The monoisotopic (exact) mass is 484 g/mol. The minimum absolute atomic E-state index is 0.149. The average Bonchev–Trinajstić information content (AvgIpc) is 2.89. The molecule has 7 nitrogen and oxygen atoms in total. The van der Waals surface area contributed by atoms with E-state index >= 15 is 0 Å². The number of aryl methyl sites for hydroxylation is 2. The average molecular weight is 485 g/mol. The normalized spacial score (nSPS) is 14.8. The van der Waals surface area contributed by atoms with Crippen molar-refractivity contribution in [1.29, 1.82) is 0 Å². The maximum absolute atomic E-state index is 13.4. The van der Waals surface area contributed by atoms with E-state index in [0.717, 1.165) is 68.5 Å². The number of hydrogen-bond acceptors (Lipinski definition) is 7. The smallest absolute Gasteiger partial charge is 0.347 e. The molecule has 0 bridgehead atoms. The van der Waals surface area contributed by atoms with Gasteiger partial charge in [0.2, 0.25) is 5.78 Å². The van der Waals surface area contributed by atoms with Crippen LogP contribution in [0.3, 0.4) is 0 Å². The maximum atomic E-state index is 13.4. The third-order valence-corrected chi connectivity index (χ3v) is 7.55. The molecule has 184 valence electrons. The predicted octanol–water partition coefficient (Wildman–Crippen LogP) is 4.68. The molecule has 0 N–H and O–H groups in total. The fourth-order valence-electron chi connectivity index (χ4n) is 5.79. The van der Waals surface area contributed by atoms with Gasteiger partial charge in [0.1, 0.15) is 22.3 Å². The van der Waals surface area contributed by atoms with Crippen LogP contribution >= 0.6 is 0 Å². The summed E-state index contributed by atoms with van der Waals surface area (Å²) >= 11 is 0. The van der Waals surface area contributed by atoms with Gasteiger partial charge in [0.15, 0.2) is 0 Å². The first-order valence-electron chi connectivity index (χ1n) is 12.7. The Kier molecular flexibility index (Phi) is 5.43. The van der Waals surface area contributed by atoms with E-state index < -0.39 is 17.0 Å². The molecule has 7 heteroatoms. The van der Waals surface area contributed by atoms with Gasteiger partial charge in [0.05, 0.1) is 0 Å². The Morgan fingerprint density at radius 1 is 0.889 bits per heavy atom. The van der Waals surface area contributed by atoms with Crippen LogP contribution in [-0.2, 0) is 12.8 Å². The summed E-state index contributed by atoms with van der Waals surface area (Å²) in [5, 5.41) is 1.35. The van der Waals surface area contributed by atoms with E-state index in [2.05, 4.69) is 23.6 Å².